The number of imidazole rings is 1. The minimum Gasteiger partial charge on any atom is -0.340 e. The fourth-order valence-electron chi connectivity index (χ4n) is 2.35. The van der Waals surface area contributed by atoms with E-state index in [1.807, 2.05) is 11.9 Å². The normalized spacial score (nSPS) is 25.0. The zero-order valence-corrected chi connectivity index (χ0v) is 10.5. The predicted molar refractivity (Wildman–Crippen MR) is 65.5 cm³/mol. The van der Waals surface area contributed by atoms with Gasteiger partial charge in [-0.2, -0.15) is 0 Å². The Balaban J connectivity index is 2.05. The number of nitrogens with two attached hydrogens (primary N) is 1. The van der Waals surface area contributed by atoms with Gasteiger partial charge in [0.05, 0.1) is 6.33 Å². The number of likely N-dealkylation sites (tertiary alicyclic amines) is 1. The van der Waals surface area contributed by atoms with Crippen molar-refractivity contribution in [3.8, 4) is 0 Å². The average molecular weight is 236 g/mol. The molecule has 1 saturated heterocycles. The summed E-state index contributed by atoms with van der Waals surface area (Å²) in [5.74, 6) is 0.437. The van der Waals surface area contributed by atoms with Crippen molar-refractivity contribution in [3.05, 3.63) is 18.2 Å². The molecule has 0 aliphatic carbocycles. The summed E-state index contributed by atoms with van der Waals surface area (Å²) in [7, 11) is 1.87. The van der Waals surface area contributed by atoms with Gasteiger partial charge < -0.3 is 15.2 Å². The second kappa shape index (κ2) is 4.87. The molecule has 2 heterocycles. The molecule has 1 aromatic heterocycles. The molecule has 0 radical (unpaired) electrons. The topological polar surface area (TPSA) is 64.2 Å². The lowest BCUT2D eigenvalue weighted by Crippen LogP contribution is -2.49. The molecule has 5 nitrogen and oxygen atoms in total. The average Bonchev–Trinajstić information content (AvgIpc) is 2.75. The summed E-state index contributed by atoms with van der Waals surface area (Å²) in [6.45, 7) is 3.62. The van der Waals surface area contributed by atoms with Crippen molar-refractivity contribution >= 4 is 5.91 Å². The largest absolute Gasteiger partial charge is 0.340 e. The van der Waals surface area contributed by atoms with Crippen LogP contribution in [0.2, 0.25) is 0 Å². The molecule has 17 heavy (non-hydrogen) atoms. The SMILES string of the molecule is CCC1CN(C(=O)c2cn(C)cn2)CCC1N. The quantitative estimate of drug-likeness (QED) is 0.818. The highest BCUT2D eigenvalue weighted by atomic mass is 16.2. The lowest BCUT2D eigenvalue weighted by Gasteiger charge is -2.36. The number of aromatic nitrogens is 2. The van der Waals surface area contributed by atoms with Gasteiger partial charge in [-0.1, -0.05) is 13.3 Å². The molecule has 2 rings (SSSR count). The summed E-state index contributed by atoms with van der Waals surface area (Å²) in [4.78, 5) is 18.2. The van der Waals surface area contributed by atoms with Crippen LogP contribution in [0.3, 0.4) is 0 Å². The van der Waals surface area contributed by atoms with E-state index in [0.29, 0.717) is 11.6 Å². The zero-order chi connectivity index (χ0) is 12.4. The Morgan fingerprint density at radius 1 is 1.65 bits per heavy atom. The number of piperidine rings is 1. The van der Waals surface area contributed by atoms with Crippen LogP contribution >= 0.6 is 0 Å². The van der Waals surface area contributed by atoms with E-state index in [1.165, 1.54) is 0 Å². The fourth-order valence-corrected chi connectivity index (χ4v) is 2.35. The Morgan fingerprint density at radius 2 is 2.41 bits per heavy atom. The van der Waals surface area contributed by atoms with Crippen LogP contribution in [0.5, 0.6) is 0 Å². The number of rotatable bonds is 2. The van der Waals surface area contributed by atoms with Crippen LogP contribution in [0.15, 0.2) is 12.5 Å². The van der Waals surface area contributed by atoms with Gasteiger partial charge in [-0.15, -0.1) is 0 Å². The fraction of sp³-hybridized carbons (Fsp3) is 0.667. The number of hydrogen-bond acceptors (Lipinski definition) is 3. The predicted octanol–water partition coefficient (Wildman–Crippen LogP) is 0.620. The monoisotopic (exact) mass is 236 g/mol. The molecular formula is C12H20N4O. The number of carbonyl (C=O) groups is 1. The van der Waals surface area contributed by atoms with Gasteiger partial charge in [0, 0.05) is 32.4 Å². The molecule has 1 aliphatic heterocycles. The van der Waals surface area contributed by atoms with Crippen LogP contribution < -0.4 is 5.73 Å². The van der Waals surface area contributed by atoms with E-state index >= 15 is 0 Å². The first kappa shape index (κ1) is 12.1. The maximum Gasteiger partial charge on any atom is 0.274 e. The Kier molecular flexibility index (Phi) is 3.47. The minimum atomic E-state index is 0.0240. The zero-order valence-electron chi connectivity index (χ0n) is 10.5. The lowest BCUT2D eigenvalue weighted by atomic mass is 9.90. The summed E-state index contributed by atoms with van der Waals surface area (Å²) < 4.78 is 1.79. The van der Waals surface area contributed by atoms with Gasteiger partial charge in [0.15, 0.2) is 0 Å². The Labute approximate surface area is 102 Å². The van der Waals surface area contributed by atoms with Gasteiger partial charge in [-0.05, 0) is 12.3 Å². The molecule has 2 N–H and O–H groups in total. The van der Waals surface area contributed by atoms with Gasteiger partial charge >= 0.3 is 0 Å². The van der Waals surface area contributed by atoms with E-state index < -0.39 is 0 Å². The highest BCUT2D eigenvalue weighted by Crippen LogP contribution is 2.19. The molecule has 0 bridgehead atoms. The van der Waals surface area contributed by atoms with Crippen molar-refractivity contribution in [3.63, 3.8) is 0 Å². The van der Waals surface area contributed by atoms with Gasteiger partial charge in [-0.3, -0.25) is 4.79 Å². The summed E-state index contributed by atoms with van der Waals surface area (Å²) in [6.07, 6.45) is 5.32. The molecule has 94 valence electrons. The number of nitrogens with zero attached hydrogens (tertiary/aromatic N) is 3. The Bertz CT molecular complexity index is 401. The smallest absolute Gasteiger partial charge is 0.274 e. The first-order valence-electron chi connectivity index (χ1n) is 6.14. The van der Waals surface area contributed by atoms with Crippen LogP contribution in [0.25, 0.3) is 0 Å². The van der Waals surface area contributed by atoms with Crippen LogP contribution in [-0.4, -0.2) is 39.5 Å². The van der Waals surface area contributed by atoms with E-state index in [1.54, 1.807) is 17.1 Å². The van der Waals surface area contributed by atoms with Crippen molar-refractivity contribution in [2.24, 2.45) is 18.7 Å². The van der Waals surface area contributed by atoms with E-state index in [0.717, 1.165) is 25.9 Å². The number of hydrogen-bond donors (Lipinski definition) is 1. The maximum absolute atomic E-state index is 12.2. The highest BCUT2D eigenvalue weighted by Gasteiger charge is 2.29. The minimum absolute atomic E-state index is 0.0240. The first-order valence-corrected chi connectivity index (χ1v) is 6.14. The van der Waals surface area contributed by atoms with Crippen molar-refractivity contribution in [2.75, 3.05) is 13.1 Å². The second-order valence-electron chi connectivity index (χ2n) is 4.80. The second-order valence-corrected chi connectivity index (χ2v) is 4.80. The van der Waals surface area contributed by atoms with Gasteiger partial charge in [0.1, 0.15) is 5.69 Å². The molecule has 1 aliphatic rings. The maximum atomic E-state index is 12.2. The summed E-state index contributed by atoms with van der Waals surface area (Å²) in [6, 6.07) is 0.229. The molecule has 0 aromatic carbocycles. The van der Waals surface area contributed by atoms with Crippen LogP contribution in [0.4, 0.5) is 0 Å². The van der Waals surface area contributed by atoms with Crippen LogP contribution in [-0.2, 0) is 7.05 Å². The summed E-state index contributed by atoms with van der Waals surface area (Å²) in [5, 5.41) is 0. The summed E-state index contributed by atoms with van der Waals surface area (Å²) in [5.41, 5.74) is 6.56. The molecule has 2 unspecified atom stereocenters. The van der Waals surface area contributed by atoms with E-state index in [9.17, 15) is 4.79 Å². The molecule has 1 fully saturated rings. The third kappa shape index (κ3) is 2.49. The Morgan fingerprint density at radius 3 is 3.00 bits per heavy atom. The first-order chi connectivity index (χ1) is 8.11. The van der Waals surface area contributed by atoms with E-state index in [2.05, 4.69) is 11.9 Å². The molecular weight excluding hydrogens is 216 g/mol. The molecule has 1 amide bonds. The molecule has 0 saturated carbocycles. The number of carbonyl (C=O) groups excluding carboxylic acids is 1. The number of amides is 1. The van der Waals surface area contributed by atoms with Gasteiger partial charge in [-0.25, -0.2) is 4.98 Å². The van der Waals surface area contributed by atoms with E-state index in [4.69, 9.17) is 5.73 Å². The van der Waals surface area contributed by atoms with Gasteiger partial charge in [0.25, 0.3) is 5.91 Å². The molecule has 2 atom stereocenters. The lowest BCUT2D eigenvalue weighted by molar-refractivity contribution is 0.0643. The van der Waals surface area contributed by atoms with Crippen molar-refractivity contribution in [2.45, 2.75) is 25.8 Å². The van der Waals surface area contributed by atoms with Crippen LogP contribution in [0.1, 0.15) is 30.3 Å². The van der Waals surface area contributed by atoms with E-state index in [-0.39, 0.29) is 11.9 Å². The molecule has 1 aromatic rings. The molecule has 5 heteroatoms. The standard InChI is InChI=1S/C12H20N4O/c1-3-9-6-16(5-4-10(9)13)12(17)11-7-15(2)8-14-11/h7-10H,3-6,13H2,1-2H3. The summed E-state index contributed by atoms with van der Waals surface area (Å²) >= 11 is 0. The number of aryl methyl sites for hydroxylation is 1. The molecule has 0 spiro atoms. The van der Waals surface area contributed by atoms with Crippen molar-refractivity contribution in [1.82, 2.24) is 14.5 Å². The van der Waals surface area contributed by atoms with Gasteiger partial charge in [0.2, 0.25) is 0 Å². The third-order valence-electron chi connectivity index (χ3n) is 3.53. The van der Waals surface area contributed by atoms with Crippen molar-refractivity contribution in [1.29, 1.82) is 0 Å². The van der Waals surface area contributed by atoms with Crippen LogP contribution in [0, 0.1) is 5.92 Å². The van der Waals surface area contributed by atoms with Crippen molar-refractivity contribution < 1.29 is 4.79 Å². The Hall–Kier alpha value is -1.36. The third-order valence-corrected chi connectivity index (χ3v) is 3.53. The highest BCUT2D eigenvalue weighted by molar-refractivity contribution is 5.92.